The normalized spacial score (nSPS) is 15.5. The maximum Gasteiger partial charge on any atom is 0.261 e. The molecule has 0 saturated carbocycles. The second kappa shape index (κ2) is 7.23. The molecule has 1 aliphatic heterocycles. The van der Waals surface area contributed by atoms with Crippen molar-refractivity contribution in [2.75, 3.05) is 13.1 Å². The Balaban J connectivity index is 1.52. The zero-order valence-electron chi connectivity index (χ0n) is 12.9. The Morgan fingerprint density at radius 1 is 1.50 bits per heavy atom. The maximum atomic E-state index is 12.0. The summed E-state index contributed by atoms with van der Waals surface area (Å²) in [6.45, 7) is 1.78. The van der Waals surface area contributed by atoms with E-state index < -0.39 is 0 Å². The Bertz CT molecular complexity index is 736. The lowest BCUT2D eigenvalue weighted by atomic mass is 9.93. The molecule has 1 aliphatic rings. The summed E-state index contributed by atoms with van der Waals surface area (Å²) < 4.78 is 5.90. The Morgan fingerprint density at radius 2 is 2.25 bits per heavy atom. The van der Waals surface area contributed by atoms with Crippen molar-refractivity contribution >= 4 is 34.8 Å². The lowest BCUT2D eigenvalue weighted by Crippen LogP contribution is -2.41. The second-order valence-corrected chi connectivity index (χ2v) is 7.37. The van der Waals surface area contributed by atoms with Crippen LogP contribution in [0.5, 0.6) is 0 Å². The topological polar surface area (TPSA) is 108 Å². The summed E-state index contributed by atoms with van der Waals surface area (Å²) in [6.07, 6.45) is 1.76. The lowest BCUT2D eigenvalue weighted by Gasteiger charge is -2.31. The molecule has 24 heavy (non-hydrogen) atoms. The van der Waals surface area contributed by atoms with Crippen molar-refractivity contribution in [3.8, 4) is 0 Å². The minimum absolute atomic E-state index is 0.116. The van der Waals surface area contributed by atoms with Crippen molar-refractivity contribution in [2.24, 2.45) is 5.73 Å². The fourth-order valence-corrected chi connectivity index (χ4v) is 3.67. The van der Waals surface area contributed by atoms with Gasteiger partial charge in [0.05, 0.1) is 21.5 Å². The monoisotopic (exact) mass is 367 g/mol. The van der Waals surface area contributed by atoms with Gasteiger partial charge in [0.2, 0.25) is 0 Å². The molecule has 0 bridgehead atoms. The van der Waals surface area contributed by atoms with Crippen molar-refractivity contribution in [3.05, 3.63) is 38.9 Å². The zero-order chi connectivity index (χ0) is 17.1. The highest BCUT2D eigenvalue weighted by molar-refractivity contribution is 7.17. The van der Waals surface area contributed by atoms with E-state index in [9.17, 15) is 4.79 Å². The third-order valence-corrected chi connectivity index (χ3v) is 5.28. The molecule has 4 N–H and O–H groups in total. The van der Waals surface area contributed by atoms with Gasteiger partial charge in [-0.05, 0) is 25.0 Å². The molecule has 0 spiro atoms. The molecule has 3 rings (SSSR count). The number of nitrogens with one attached hydrogen (secondary N) is 2. The van der Waals surface area contributed by atoms with E-state index in [0.29, 0.717) is 20.9 Å². The predicted octanol–water partition coefficient (Wildman–Crippen LogP) is 2.39. The fraction of sp³-hybridized carbons (Fsp3) is 0.400. The molecule has 0 aromatic carbocycles. The van der Waals surface area contributed by atoms with E-state index in [1.54, 1.807) is 12.1 Å². The number of nitrogens with two attached hydrogens (primary N) is 1. The van der Waals surface area contributed by atoms with Gasteiger partial charge in [0.1, 0.15) is 0 Å². The molecule has 1 amide bonds. The van der Waals surface area contributed by atoms with Crippen LogP contribution in [0.25, 0.3) is 0 Å². The van der Waals surface area contributed by atoms with Crippen LogP contribution in [-0.4, -0.2) is 35.0 Å². The van der Waals surface area contributed by atoms with E-state index in [1.807, 2.05) is 11.0 Å². The Morgan fingerprint density at radius 3 is 2.88 bits per heavy atom. The number of likely N-dealkylation sites (tertiary alicyclic amines) is 1. The van der Waals surface area contributed by atoms with Gasteiger partial charge in [0.25, 0.3) is 5.91 Å². The van der Waals surface area contributed by atoms with Crippen LogP contribution in [0.1, 0.15) is 39.9 Å². The minimum Gasteiger partial charge on any atom is -0.370 e. The summed E-state index contributed by atoms with van der Waals surface area (Å²) in [7, 11) is 0. The molecular weight excluding hydrogens is 350 g/mol. The van der Waals surface area contributed by atoms with Gasteiger partial charge in [-0.15, -0.1) is 11.3 Å². The van der Waals surface area contributed by atoms with Crippen LogP contribution in [0.3, 0.4) is 0 Å². The molecule has 1 fully saturated rings. The van der Waals surface area contributed by atoms with Crippen LogP contribution < -0.4 is 11.1 Å². The summed E-state index contributed by atoms with van der Waals surface area (Å²) in [5, 5.41) is 14.4. The summed E-state index contributed by atoms with van der Waals surface area (Å²) >= 11 is 7.06. The largest absolute Gasteiger partial charge is 0.370 e. The second-order valence-electron chi connectivity index (χ2n) is 5.65. The fourth-order valence-electron chi connectivity index (χ4n) is 2.71. The van der Waals surface area contributed by atoms with Crippen molar-refractivity contribution in [2.45, 2.75) is 25.3 Å². The first-order chi connectivity index (χ1) is 11.5. The van der Waals surface area contributed by atoms with Gasteiger partial charge in [0.15, 0.2) is 11.7 Å². The van der Waals surface area contributed by atoms with Crippen molar-refractivity contribution < 1.29 is 9.32 Å². The number of carbonyl (C=O) groups is 1. The first kappa shape index (κ1) is 16.8. The van der Waals surface area contributed by atoms with E-state index in [0.717, 1.165) is 31.6 Å². The summed E-state index contributed by atoms with van der Waals surface area (Å²) in [4.78, 5) is 14.4. The number of carbonyl (C=O) groups excluding carboxylic acids is 1. The molecule has 0 radical (unpaired) electrons. The highest BCUT2D eigenvalue weighted by Crippen LogP contribution is 2.27. The van der Waals surface area contributed by atoms with Gasteiger partial charge in [-0.2, -0.15) is 0 Å². The van der Waals surface area contributed by atoms with Crippen LogP contribution in [0.15, 0.2) is 22.7 Å². The van der Waals surface area contributed by atoms with Gasteiger partial charge in [-0.25, -0.2) is 0 Å². The van der Waals surface area contributed by atoms with E-state index in [4.69, 9.17) is 27.3 Å². The van der Waals surface area contributed by atoms with Crippen molar-refractivity contribution in [1.29, 1.82) is 5.41 Å². The van der Waals surface area contributed by atoms with Crippen molar-refractivity contribution in [1.82, 2.24) is 15.4 Å². The molecule has 9 heteroatoms. The number of hydrogen-bond donors (Lipinski definition) is 3. The van der Waals surface area contributed by atoms with Crippen LogP contribution in [0, 0.1) is 5.41 Å². The van der Waals surface area contributed by atoms with E-state index in [1.165, 1.54) is 11.3 Å². The molecule has 3 heterocycles. The maximum absolute atomic E-state index is 12.0. The number of guanidine groups is 1. The lowest BCUT2D eigenvalue weighted by molar-refractivity contribution is 0.0951. The van der Waals surface area contributed by atoms with Gasteiger partial charge < -0.3 is 20.5 Å². The first-order valence-electron chi connectivity index (χ1n) is 7.61. The average molecular weight is 368 g/mol. The molecule has 1 saturated heterocycles. The number of nitrogens with zero attached hydrogens (tertiary/aromatic N) is 2. The van der Waals surface area contributed by atoms with Crippen LogP contribution >= 0.6 is 22.9 Å². The predicted molar refractivity (Wildman–Crippen MR) is 92.5 cm³/mol. The van der Waals surface area contributed by atoms with E-state index >= 15 is 0 Å². The van der Waals surface area contributed by atoms with E-state index in [-0.39, 0.29) is 18.4 Å². The molecule has 0 unspecified atom stereocenters. The molecule has 2 aromatic heterocycles. The molecule has 0 atom stereocenters. The molecule has 128 valence electrons. The van der Waals surface area contributed by atoms with Gasteiger partial charge >= 0.3 is 0 Å². The number of amides is 1. The smallest absolute Gasteiger partial charge is 0.261 e. The molecule has 2 aromatic rings. The number of piperidine rings is 1. The number of rotatable bonds is 4. The highest BCUT2D eigenvalue weighted by atomic mass is 35.5. The van der Waals surface area contributed by atoms with Gasteiger partial charge in [0, 0.05) is 25.1 Å². The number of hydrogen-bond acceptors (Lipinski definition) is 5. The SMILES string of the molecule is N=C(N)N1CCC(c2cc(CNC(=O)c3ccc(Cl)s3)on2)CC1. The van der Waals surface area contributed by atoms with Crippen LogP contribution in [-0.2, 0) is 6.54 Å². The summed E-state index contributed by atoms with van der Waals surface area (Å²) in [6, 6.07) is 5.27. The summed E-state index contributed by atoms with van der Waals surface area (Å²) in [5.41, 5.74) is 6.39. The zero-order valence-corrected chi connectivity index (χ0v) is 14.5. The number of halogens is 1. The molecular formula is C15H18ClN5O2S. The Kier molecular flexibility index (Phi) is 5.06. The van der Waals surface area contributed by atoms with Gasteiger partial charge in [-0.1, -0.05) is 16.8 Å². The standard InChI is InChI=1S/C15H18ClN5O2S/c16-13-2-1-12(24-13)14(22)19-8-10-7-11(20-23-10)9-3-5-21(6-4-9)15(17)18/h1-2,7,9H,3-6,8H2,(H3,17,18)(H,19,22). The first-order valence-corrected chi connectivity index (χ1v) is 8.80. The molecule has 7 nitrogen and oxygen atoms in total. The average Bonchev–Trinajstić information content (AvgIpc) is 3.22. The van der Waals surface area contributed by atoms with Crippen molar-refractivity contribution in [3.63, 3.8) is 0 Å². The van der Waals surface area contributed by atoms with Crippen LogP contribution in [0.4, 0.5) is 0 Å². The third kappa shape index (κ3) is 3.88. The molecule has 0 aliphatic carbocycles. The number of aromatic nitrogens is 1. The van der Waals surface area contributed by atoms with Crippen LogP contribution in [0.2, 0.25) is 4.34 Å². The van der Waals surface area contributed by atoms with Gasteiger partial charge in [-0.3, -0.25) is 10.2 Å². The number of thiophene rings is 1. The minimum atomic E-state index is -0.181. The Labute approximate surface area is 148 Å². The third-order valence-electron chi connectivity index (χ3n) is 4.05. The van der Waals surface area contributed by atoms with E-state index in [2.05, 4.69) is 10.5 Å². The summed E-state index contributed by atoms with van der Waals surface area (Å²) in [5.74, 6) is 0.852. The highest BCUT2D eigenvalue weighted by Gasteiger charge is 2.24. The quantitative estimate of drug-likeness (QED) is 0.568. The Hall–Kier alpha value is -2.06.